The molecule has 2 aromatic rings. The molecule has 0 atom stereocenters. The number of nitrogens with zero attached hydrogens (tertiary/aromatic N) is 1. The van der Waals surface area contributed by atoms with Crippen molar-refractivity contribution in [1.82, 2.24) is 0 Å². The number of nitro groups is 1. The van der Waals surface area contributed by atoms with Gasteiger partial charge in [-0.3, -0.25) is 14.9 Å². The Labute approximate surface area is 159 Å². The molecule has 0 aliphatic heterocycles. The van der Waals surface area contributed by atoms with Gasteiger partial charge in [0.15, 0.2) is 6.61 Å². The van der Waals surface area contributed by atoms with E-state index in [1.165, 1.54) is 24.3 Å². The lowest BCUT2D eigenvalue weighted by Gasteiger charge is -2.10. The van der Waals surface area contributed by atoms with Gasteiger partial charge in [0.2, 0.25) is 0 Å². The summed E-state index contributed by atoms with van der Waals surface area (Å²) in [4.78, 5) is 46.1. The van der Waals surface area contributed by atoms with Crippen LogP contribution in [0, 0.1) is 10.1 Å². The number of amides is 1. The summed E-state index contributed by atoms with van der Waals surface area (Å²) in [6.07, 6.45) is 0. The number of carbonyl (C=O) groups excluding carboxylic acids is 3. The first kappa shape index (κ1) is 20.4. The minimum absolute atomic E-state index is 0.102. The maximum Gasteiger partial charge on any atom is 0.340 e. The quantitative estimate of drug-likeness (QED) is 0.317. The molecule has 2 aromatic carbocycles. The number of carbonyl (C=O) groups is 3. The van der Waals surface area contributed by atoms with Crippen LogP contribution >= 0.6 is 0 Å². The molecule has 3 N–H and O–H groups in total. The van der Waals surface area contributed by atoms with Crippen molar-refractivity contribution in [2.75, 3.05) is 24.3 Å². The van der Waals surface area contributed by atoms with E-state index in [4.69, 9.17) is 15.2 Å². The number of esters is 2. The number of anilines is 2. The number of nitrogens with one attached hydrogen (secondary N) is 1. The highest BCUT2D eigenvalue weighted by atomic mass is 16.6. The third kappa shape index (κ3) is 5.04. The number of nitro benzene ring substituents is 1. The van der Waals surface area contributed by atoms with Crippen molar-refractivity contribution in [2.45, 2.75) is 6.92 Å². The van der Waals surface area contributed by atoms with Crippen LogP contribution in [0.15, 0.2) is 42.5 Å². The molecule has 0 saturated heterocycles. The average molecular weight is 387 g/mol. The van der Waals surface area contributed by atoms with Crippen LogP contribution in [0.4, 0.5) is 17.1 Å². The Morgan fingerprint density at radius 1 is 1.11 bits per heavy atom. The molecule has 0 aromatic heterocycles. The Morgan fingerprint density at radius 2 is 1.82 bits per heavy atom. The highest BCUT2D eigenvalue weighted by Crippen LogP contribution is 2.22. The summed E-state index contributed by atoms with van der Waals surface area (Å²) >= 11 is 0. The van der Waals surface area contributed by atoms with E-state index in [0.717, 1.165) is 6.07 Å². The van der Waals surface area contributed by atoms with Crippen LogP contribution in [0.3, 0.4) is 0 Å². The van der Waals surface area contributed by atoms with Crippen LogP contribution in [0.25, 0.3) is 0 Å². The van der Waals surface area contributed by atoms with Crippen molar-refractivity contribution in [3.63, 3.8) is 0 Å². The zero-order valence-corrected chi connectivity index (χ0v) is 14.8. The molecule has 0 aliphatic carbocycles. The van der Waals surface area contributed by atoms with Gasteiger partial charge in [0.25, 0.3) is 11.6 Å². The van der Waals surface area contributed by atoms with Gasteiger partial charge in [0.05, 0.1) is 28.3 Å². The van der Waals surface area contributed by atoms with E-state index in [1.54, 1.807) is 19.1 Å². The molecule has 10 nitrogen and oxygen atoms in total. The van der Waals surface area contributed by atoms with Crippen molar-refractivity contribution in [2.24, 2.45) is 0 Å². The van der Waals surface area contributed by atoms with E-state index < -0.39 is 35.1 Å². The number of ether oxygens (including phenoxy) is 2. The Kier molecular flexibility index (Phi) is 6.63. The minimum Gasteiger partial charge on any atom is -0.462 e. The SMILES string of the molecule is CCOC(=O)c1ccccc1NC(=O)COC(=O)c1ccc(N)c([N+](=O)[O-])c1. The molecule has 146 valence electrons. The topological polar surface area (TPSA) is 151 Å². The number of benzene rings is 2. The van der Waals surface area contributed by atoms with E-state index in [0.29, 0.717) is 0 Å². The summed E-state index contributed by atoms with van der Waals surface area (Å²) in [6.45, 7) is 1.17. The summed E-state index contributed by atoms with van der Waals surface area (Å²) in [6, 6.07) is 9.60. The van der Waals surface area contributed by atoms with Crippen LogP contribution in [0.5, 0.6) is 0 Å². The molecule has 0 fully saturated rings. The minimum atomic E-state index is -0.933. The predicted octanol–water partition coefficient (Wildman–Crippen LogP) is 2.15. The maximum absolute atomic E-state index is 12.0. The van der Waals surface area contributed by atoms with E-state index >= 15 is 0 Å². The van der Waals surface area contributed by atoms with Crippen LogP contribution in [-0.2, 0) is 14.3 Å². The lowest BCUT2D eigenvalue weighted by Crippen LogP contribution is -2.22. The van der Waals surface area contributed by atoms with E-state index in [2.05, 4.69) is 5.32 Å². The highest BCUT2D eigenvalue weighted by Gasteiger charge is 2.18. The van der Waals surface area contributed by atoms with Gasteiger partial charge >= 0.3 is 11.9 Å². The van der Waals surface area contributed by atoms with Gasteiger partial charge in [0, 0.05) is 6.07 Å². The maximum atomic E-state index is 12.0. The second-order valence-electron chi connectivity index (χ2n) is 5.42. The number of nitrogen functional groups attached to an aromatic ring is 1. The van der Waals surface area contributed by atoms with E-state index in [-0.39, 0.29) is 29.1 Å². The fourth-order valence-electron chi connectivity index (χ4n) is 2.21. The van der Waals surface area contributed by atoms with Crippen LogP contribution in [0.1, 0.15) is 27.6 Å². The number of rotatable bonds is 7. The van der Waals surface area contributed by atoms with Crippen molar-refractivity contribution in [1.29, 1.82) is 0 Å². The molecule has 0 saturated carbocycles. The smallest absolute Gasteiger partial charge is 0.340 e. The van der Waals surface area contributed by atoms with Crippen LogP contribution < -0.4 is 11.1 Å². The van der Waals surface area contributed by atoms with Gasteiger partial charge in [-0.2, -0.15) is 0 Å². The molecule has 2 rings (SSSR count). The van der Waals surface area contributed by atoms with Crippen LogP contribution in [0.2, 0.25) is 0 Å². The summed E-state index contributed by atoms with van der Waals surface area (Å²) in [7, 11) is 0. The summed E-state index contributed by atoms with van der Waals surface area (Å²) in [5.74, 6) is -2.24. The highest BCUT2D eigenvalue weighted by molar-refractivity contribution is 6.02. The van der Waals surface area contributed by atoms with Gasteiger partial charge in [0.1, 0.15) is 5.69 Å². The van der Waals surface area contributed by atoms with Crippen molar-refractivity contribution in [3.05, 3.63) is 63.7 Å². The molecular formula is C18H17N3O7. The first-order valence-corrected chi connectivity index (χ1v) is 8.10. The first-order valence-electron chi connectivity index (χ1n) is 8.10. The average Bonchev–Trinajstić information content (AvgIpc) is 2.66. The molecule has 0 bridgehead atoms. The standard InChI is InChI=1S/C18H17N3O7/c1-2-27-18(24)12-5-3-4-6-14(12)20-16(22)10-28-17(23)11-7-8-13(19)15(9-11)21(25)26/h3-9H,2,10,19H2,1H3,(H,20,22). The predicted molar refractivity (Wildman–Crippen MR) is 98.8 cm³/mol. The largest absolute Gasteiger partial charge is 0.462 e. The van der Waals surface area contributed by atoms with Gasteiger partial charge in [-0.25, -0.2) is 9.59 Å². The Hall–Kier alpha value is -3.95. The monoisotopic (exact) mass is 387 g/mol. The molecule has 0 heterocycles. The lowest BCUT2D eigenvalue weighted by molar-refractivity contribution is -0.383. The van der Waals surface area contributed by atoms with E-state index in [9.17, 15) is 24.5 Å². The molecule has 0 unspecified atom stereocenters. The molecule has 0 aliphatic rings. The van der Waals surface area contributed by atoms with E-state index in [1.807, 2.05) is 0 Å². The normalized spacial score (nSPS) is 10.0. The van der Waals surface area contributed by atoms with Crippen LogP contribution in [-0.4, -0.2) is 36.0 Å². The van der Waals surface area contributed by atoms with Crippen molar-refractivity contribution < 1.29 is 28.8 Å². The first-order chi connectivity index (χ1) is 13.3. The number of hydrogen-bond acceptors (Lipinski definition) is 8. The summed E-state index contributed by atoms with van der Waals surface area (Å²) in [5.41, 5.74) is 5.14. The fraction of sp³-hybridized carbons (Fsp3) is 0.167. The van der Waals surface area contributed by atoms with Gasteiger partial charge < -0.3 is 20.5 Å². The zero-order valence-electron chi connectivity index (χ0n) is 14.8. The fourth-order valence-corrected chi connectivity index (χ4v) is 2.21. The Bertz CT molecular complexity index is 927. The van der Waals surface area contributed by atoms with Crippen molar-refractivity contribution >= 4 is 34.9 Å². The third-order valence-corrected chi connectivity index (χ3v) is 3.49. The molecule has 28 heavy (non-hydrogen) atoms. The van der Waals surface area contributed by atoms with Crippen molar-refractivity contribution in [3.8, 4) is 0 Å². The molecular weight excluding hydrogens is 370 g/mol. The summed E-state index contributed by atoms with van der Waals surface area (Å²) < 4.78 is 9.76. The molecule has 10 heteroatoms. The number of para-hydroxylation sites is 1. The zero-order chi connectivity index (χ0) is 20.7. The summed E-state index contributed by atoms with van der Waals surface area (Å²) in [5, 5.41) is 13.3. The van der Waals surface area contributed by atoms with Gasteiger partial charge in [-0.15, -0.1) is 0 Å². The van der Waals surface area contributed by atoms with Gasteiger partial charge in [-0.1, -0.05) is 12.1 Å². The Morgan fingerprint density at radius 3 is 2.50 bits per heavy atom. The lowest BCUT2D eigenvalue weighted by atomic mass is 10.1. The molecule has 1 amide bonds. The second kappa shape index (κ2) is 9.12. The Balaban J connectivity index is 2.02. The third-order valence-electron chi connectivity index (χ3n) is 3.49. The van der Waals surface area contributed by atoms with Gasteiger partial charge in [-0.05, 0) is 31.2 Å². The number of hydrogen-bond donors (Lipinski definition) is 2. The number of nitrogens with two attached hydrogens (primary N) is 1. The molecule has 0 spiro atoms. The molecule has 0 radical (unpaired) electrons. The second-order valence-corrected chi connectivity index (χ2v) is 5.42.